The van der Waals surface area contributed by atoms with E-state index in [1.54, 1.807) is 20.3 Å². The normalized spacial score (nSPS) is 11.7. The number of amides is 1. The number of benzene rings is 1. The van der Waals surface area contributed by atoms with E-state index in [0.717, 1.165) is 5.56 Å². The van der Waals surface area contributed by atoms with E-state index in [9.17, 15) is 4.79 Å². The molecular weight excluding hydrogens is 344 g/mol. The van der Waals surface area contributed by atoms with Gasteiger partial charge in [0, 0.05) is 18.3 Å². The van der Waals surface area contributed by atoms with Crippen molar-refractivity contribution in [1.82, 2.24) is 10.3 Å². The van der Waals surface area contributed by atoms with Crippen molar-refractivity contribution >= 4 is 17.5 Å². The van der Waals surface area contributed by atoms with E-state index in [1.165, 1.54) is 12.3 Å². The van der Waals surface area contributed by atoms with Gasteiger partial charge in [-0.25, -0.2) is 0 Å². The average Bonchev–Trinajstić information content (AvgIpc) is 2.62. The Balaban J connectivity index is 2.08. The molecule has 1 N–H and O–H groups in total. The molecule has 134 valence electrons. The number of pyridine rings is 1. The van der Waals surface area contributed by atoms with Gasteiger partial charge in [-0.05, 0) is 36.8 Å². The van der Waals surface area contributed by atoms with E-state index in [1.807, 2.05) is 25.1 Å². The van der Waals surface area contributed by atoms with Gasteiger partial charge in [-0.15, -0.1) is 0 Å². The lowest BCUT2D eigenvalue weighted by molar-refractivity contribution is 0.0934. The number of aromatic nitrogens is 1. The third-order valence-electron chi connectivity index (χ3n) is 3.53. The Bertz CT molecular complexity index is 724. The third-order valence-corrected chi connectivity index (χ3v) is 3.77. The zero-order valence-electron chi connectivity index (χ0n) is 14.4. The third kappa shape index (κ3) is 5.34. The summed E-state index contributed by atoms with van der Waals surface area (Å²) in [4.78, 5) is 16.3. The van der Waals surface area contributed by atoms with Gasteiger partial charge >= 0.3 is 0 Å². The Morgan fingerprint density at radius 3 is 2.68 bits per heavy atom. The summed E-state index contributed by atoms with van der Waals surface area (Å²) in [6.07, 6.45) is 1.50. The van der Waals surface area contributed by atoms with Crippen LogP contribution in [-0.4, -0.2) is 38.3 Å². The van der Waals surface area contributed by atoms with E-state index in [4.69, 9.17) is 25.8 Å². The minimum absolute atomic E-state index is 0.241. The molecule has 2 rings (SSSR count). The van der Waals surface area contributed by atoms with E-state index in [0.29, 0.717) is 29.7 Å². The highest BCUT2D eigenvalue weighted by Gasteiger charge is 2.15. The van der Waals surface area contributed by atoms with Crippen molar-refractivity contribution in [2.45, 2.75) is 13.0 Å². The van der Waals surface area contributed by atoms with Crippen LogP contribution in [-0.2, 0) is 4.74 Å². The molecule has 1 aromatic carbocycles. The van der Waals surface area contributed by atoms with Crippen LogP contribution in [0, 0.1) is 0 Å². The van der Waals surface area contributed by atoms with Gasteiger partial charge in [-0.2, -0.15) is 0 Å². The summed E-state index contributed by atoms with van der Waals surface area (Å²) in [6, 6.07) is 8.42. The number of carbonyl (C=O) groups excluding carboxylic acids is 1. The zero-order chi connectivity index (χ0) is 18.2. The quantitative estimate of drug-likeness (QED) is 0.728. The standard InChI is InChI=1S/C18H21ClN2O4/c1-12(21-18(22)15-11-14(19)6-7-20-15)13-4-5-16(17(10-13)24-3)25-9-8-23-2/h4-7,10-12H,8-9H2,1-3H3,(H,21,22)/t12-/m0/s1. The second kappa shape index (κ2) is 9.25. The molecule has 0 spiro atoms. The molecule has 0 aliphatic rings. The van der Waals surface area contributed by atoms with Crippen LogP contribution in [0.25, 0.3) is 0 Å². The molecule has 0 bridgehead atoms. The van der Waals surface area contributed by atoms with Gasteiger partial charge < -0.3 is 19.5 Å². The van der Waals surface area contributed by atoms with Gasteiger partial charge in [0.1, 0.15) is 12.3 Å². The molecule has 0 fully saturated rings. The van der Waals surface area contributed by atoms with Crippen molar-refractivity contribution < 1.29 is 19.0 Å². The van der Waals surface area contributed by atoms with Gasteiger partial charge in [-0.1, -0.05) is 17.7 Å². The van der Waals surface area contributed by atoms with Crippen LogP contribution in [0.3, 0.4) is 0 Å². The first-order valence-electron chi connectivity index (χ1n) is 7.77. The average molecular weight is 365 g/mol. The fourth-order valence-electron chi connectivity index (χ4n) is 2.19. The molecule has 7 heteroatoms. The number of nitrogens with one attached hydrogen (secondary N) is 1. The number of nitrogens with zero attached hydrogens (tertiary/aromatic N) is 1. The first kappa shape index (κ1) is 19.0. The Hall–Kier alpha value is -2.31. The van der Waals surface area contributed by atoms with Crippen LogP contribution in [0.1, 0.15) is 29.0 Å². The predicted octanol–water partition coefficient (Wildman–Crippen LogP) is 3.26. The van der Waals surface area contributed by atoms with Crippen LogP contribution in [0.2, 0.25) is 5.02 Å². The van der Waals surface area contributed by atoms with Crippen LogP contribution < -0.4 is 14.8 Å². The molecule has 0 unspecified atom stereocenters. The molecule has 1 amide bonds. The predicted molar refractivity (Wildman–Crippen MR) is 95.5 cm³/mol. The number of hydrogen-bond acceptors (Lipinski definition) is 5. The van der Waals surface area contributed by atoms with Crippen LogP contribution >= 0.6 is 11.6 Å². The minimum Gasteiger partial charge on any atom is -0.493 e. The van der Waals surface area contributed by atoms with Crippen LogP contribution in [0.4, 0.5) is 0 Å². The second-order valence-electron chi connectivity index (χ2n) is 5.31. The van der Waals surface area contributed by atoms with Gasteiger partial charge in [0.25, 0.3) is 5.91 Å². The molecule has 6 nitrogen and oxygen atoms in total. The molecular formula is C18H21ClN2O4. The summed E-state index contributed by atoms with van der Waals surface area (Å²) in [5.74, 6) is 0.920. The maximum atomic E-state index is 12.3. The highest BCUT2D eigenvalue weighted by atomic mass is 35.5. The first-order valence-corrected chi connectivity index (χ1v) is 8.15. The molecule has 0 aliphatic heterocycles. The number of hydrogen-bond donors (Lipinski definition) is 1. The lowest BCUT2D eigenvalue weighted by atomic mass is 10.1. The van der Waals surface area contributed by atoms with Crippen molar-refractivity contribution in [2.24, 2.45) is 0 Å². The van der Waals surface area contributed by atoms with Crippen molar-refractivity contribution in [3.63, 3.8) is 0 Å². The smallest absolute Gasteiger partial charge is 0.270 e. The molecule has 1 aromatic heterocycles. The summed E-state index contributed by atoms with van der Waals surface area (Å²) in [5, 5.41) is 3.35. The monoisotopic (exact) mass is 364 g/mol. The van der Waals surface area contributed by atoms with E-state index in [-0.39, 0.29) is 17.6 Å². The Morgan fingerprint density at radius 2 is 2.00 bits per heavy atom. The zero-order valence-corrected chi connectivity index (χ0v) is 15.2. The molecule has 1 atom stereocenters. The lowest BCUT2D eigenvalue weighted by Crippen LogP contribution is -2.27. The highest BCUT2D eigenvalue weighted by molar-refractivity contribution is 6.30. The summed E-state index contributed by atoms with van der Waals surface area (Å²) in [5.41, 5.74) is 1.15. The topological polar surface area (TPSA) is 69.7 Å². The van der Waals surface area contributed by atoms with Gasteiger partial charge in [0.05, 0.1) is 19.8 Å². The van der Waals surface area contributed by atoms with Gasteiger partial charge in [-0.3, -0.25) is 9.78 Å². The summed E-state index contributed by atoms with van der Waals surface area (Å²) in [7, 11) is 3.18. The number of methoxy groups -OCH3 is 2. The molecule has 1 heterocycles. The molecule has 0 radical (unpaired) electrons. The van der Waals surface area contributed by atoms with Crippen molar-refractivity contribution in [3.05, 3.63) is 52.8 Å². The van der Waals surface area contributed by atoms with Crippen molar-refractivity contribution in [2.75, 3.05) is 27.4 Å². The summed E-state index contributed by atoms with van der Waals surface area (Å²) in [6.45, 7) is 2.80. The minimum atomic E-state index is -0.297. The molecule has 2 aromatic rings. The maximum absolute atomic E-state index is 12.3. The fourth-order valence-corrected chi connectivity index (χ4v) is 2.35. The highest BCUT2D eigenvalue weighted by Crippen LogP contribution is 2.30. The fraction of sp³-hybridized carbons (Fsp3) is 0.333. The number of ether oxygens (including phenoxy) is 3. The Kier molecular flexibility index (Phi) is 7.03. The molecule has 0 saturated carbocycles. The van der Waals surface area contributed by atoms with E-state index < -0.39 is 0 Å². The largest absolute Gasteiger partial charge is 0.493 e. The maximum Gasteiger partial charge on any atom is 0.270 e. The molecule has 0 saturated heterocycles. The Labute approximate surface area is 152 Å². The van der Waals surface area contributed by atoms with E-state index in [2.05, 4.69) is 10.3 Å². The summed E-state index contributed by atoms with van der Waals surface area (Å²) < 4.78 is 15.9. The van der Waals surface area contributed by atoms with Crippen molar-refractivity contribution in [1.29, 1.82) is 0 Å². The SMILES string of the molecule is COCCOc1ccc([C@H](C)NC(=O)c2cc(Cl)ccn2)cc1OC. The van der Waals surface area contributed by atoms with Crippen LogP contribution in [0.5, 0.6) is 11.5 Å². The summed E-state index contributed by atoms with van der Waals surface area (Å²) >= 11 is 5.89. The van der Waals surface area contributed by atoms with Crippen molar-refractivity contribution in [3.8, 4) is 11.5 Å². The molecule has 0 aliphatic carbocycles. The first-order chi connectivity index (χ1) is 12.0. The van der Waals surface area contributed by atoms with Crippen LogP contribution in [0.15, 0.2) is 36.5 Å². The van der Waals surface area contributed by atoms with E-state index >= 15 is 0 Å². The van der Waals surface area contributed by atoms with Gasteiger partial charge in [0.2, 0.25) is 0 Å². The number of halogens is 1. The second-order valence-corrected chi connectivity index (χ2v) is 5.74. The van der Waals surface area contributed by atoms with Gasteiger partial charge in [0.15, 0.2) is 11.5 Å². The molecule has 25 heavy (non-hydrogen) atoms. The number of rotatable bonds is 8. The Morgan fingerprint density at radius 1 is 1.20 bits per heavy atom. The number of carbonyl (C=O) groups is 1. The lowest BCUT2D eigenvalue weighted by Gasteiger charge is -2.17.